The lowest BCUT2D eigenvalue weighted by atomic mass is 10.1. The highest BCUT2D eigenvalue weighted by Crippen LogP contribution is 2.43. The predicted octanol–water partition coefficient (Wildman–Crippen LogP) is 3.69. The van der Waals surface area contributed by atoms with Crippen LogP contribution in [0.2, 0.25) is 0 Å². The number of carbonyl (C=O) groups excluding carboxylic acids is 1. The molecule has 0 aliphatic carbocycles. The third kappa shape index (κ3) is 6.82. The molecule has 1 aliphatic heterocycles. The highest BCUT2D eigenvalue weighted by molar-refractivity contribution is 8.16. The maximum absolute atomic E-state index is 11.9. The molecule has 0 unspecified atom stereocenters. The Morgan fingerprint density at radius 2 is 1.96 bits per heavy atom. The Morgan fingerprint density at radius 1 is 1.28 bits per heavy atom. The van der Waals surface area contributed by atoms with E-state index in [1.165, 1.54) is 23.5 Å². The Bertz CT molecular complexity index is 559. The summed E-state index contributed by atoms with van der Waals surface area (Å²) in [5.74, 6) is 1.59. The number of hydrogen-bond donors (Lipinski definition) is 2. The van der Waals surface area contributed by atoms with E-state index in [2.05, 4.69) is 5.32 Å². The zero-order valence-corrected chi connectivity index (χ0v) is 16.0. The highest BCUT2D eigenvalue weighted by Gasteiger charge is 2.19. The molecule has 1 amide bonds. The van der Waals surface area contributed by atoms with Crippen molar-refractivity contribution in [3.63, 3.8) is 0 Å². The summed E-state index contributed by atoms with van der Waals surface area (Å²) < 4.78 is 5.95. The van der Waals surface area contributed by atoms with Crippen LogP contribution in [0.1, 0.15) is 42.8 Å². The maximum atomic E-state index is 11.9. The van der Waals surface area contributed by atoms with Crippen molar-refractivity contribution in [1.29, 1.82) is 0 Å². The summed E-state index contributed by atoms with van der Waals surface area (Å²) in [7, 11) is 0. The quantitative estimate of drug-likeness (QED) is 0.677. The van der Waals surface area contributed by atoms with Gasteiger partial charge in [-0.15, -0.1) is 23.5 Å². The van der Waals surface area contributed by atoms with E-state index in [4.69, 9.17) is 9.84 Å². The molecule has 2 N–H and O–H groups in total. The summed E-state index contributed by atoms with van der Waals surface area (Å²) >= 11 is 3.92. The number of carboxylic acids is 1. The Kier molecular flexibility index (Phi) is 8.48. The van der Waals surface area contributed by atoms with Gasteiger partial charge in [0, 0.05) is 0 Å². The molecule has 1 aromatic carbocycles. The van der Waals surface area contributed by atoms with Gasteiger partial charge in [0.2, 0.25) is 0 Å². The topological polar surface area (TPSA) is 75.6 Å². The zero-order valence-electron chi connectivity index (χ0n) is 14.4. The molecule has 1 fully saturated rings. The van der Waals surface area contributed by atoms with Crippen LogP contribution >= 0.6 is 23.5 Å². The fourth-order valence-electron chi connectivity index (χ4n) is 2.45. The molecule has 0 radical (unpaired) electrons. The second-order valence-corrected chi connectivity index (χ2v) is 8.61. The van der Waals surface area contributed by atoms with Crippen LogP contribution in [-0.2, 0) is 9.59 Å². The number of carboxylic acid groups (broad SMARTS) is 1. The number of amides is 1. The summed E-state index contributed by atoms with van der Waals surface area (Å²) in [6.45, 7) is 1.81. The number of hydrogen-bond acceptors (Lipinski definition) is 5. The van der Waals surface area contributed by atoms with Crippen molar-refractivity contribution in [1.82, 2.24) is 5.32 Å². The molecule has 1 saturated heterocycles. The fraction of sp³-hybridized carbons (Fsp3) is 0.556. The standard InChI is InChI=1S/C18H25NO4S2/c1-2-3-5-15(17(21)22)19-16(20)12-23-14-8-6-13(7-9-14)18-24-10-4-11-25-18/h6-9,15,18H,2-5,10-12H2,1H3,(H,19,20)(H,21,22)/t15-/m0/s1. The van der Waals surface area contributed by atoms with Crippen molar-refractivity contribution in [2.24, 2.45) is 0 Å². The van der Waals surface area contributed by atoms with Crippen LogP contribution in [-0.4, -0.2) is 41.1 Å². The van der Waals surface area contributed by atoms with Gasteiger partial charge >= 0.3 is 5.97 Å². The Balaban J connectivity index is 1.79. The van der Waals surface area contributed by atoms with Crippen molar-refractivity contribution in [3.05, 3.63) is 29.8 Å². The monoisotopic (exact) mass is 383 g/mol. The van der Waals surface area contributed by atoms with Crippen LogP contribution in [0.4, 0.5) is 0 Å². The van der Waals surface area contributed by atoms with Crippen molar-refractivity contribution in [2.45, 2.75) is 43.2 Å². The van der Waals surface area contributed by atoms with Gasteiger partial charge in [0.1, 0.15) is 11.8 Å². The molecule has 25 heavy (non-hydrogen) atoms. The summed E-state index contributed by atoms with van der Waals surface area (Å²) in [6, 6.07) is 6.95. The number of aliphatic carboxylic acids is 1. The zero-order chi connectivity index (χ0) is 18.1. The average molecular weight is 384 g/mol. The lowest BCUT2D eigenvalue weighted by Gasteiger charge is -2.21. The molecular weight excluding hydrogens is 358 g/mol. The number of ether oxygens (including phenoxy) is 1. The SMILES string of the molecule is CCCC[C@H](NC(=O)COc1ccc(C2SCCCS2)cc1)C(=O)O. The summed E-state index contributed by atoms with van der Waals surface area (Å²) in [4.78, 5) is 23.0. The third-order valence-corrected chi connectivity index (χ3v) is 6.84. The summed E-state index contributed by atoms with van der Waals surface area (Å²) in [6.07, 6.45) is 3.34. The first kappa shape index (κ1) is 20.0. The van der Waals surface area contributed by atoms with E-state index in [0.717, 1.165) is 12.8 Å². The molecule has 0 spiro atoms. The number of nitrogens with one attached hydrogen (secondary N) is 1. The Hall–Kier alpha value is -1.34. The van der Waals surface area contributed by atoms with Crippen molar-refractivity contribution >= 4 is 35.4 Å². The number of benzene rings is 1. The van der Waals surface area contributed by atoms with Gasteiger partial charge in [-0.2, -0.15) is 0 Å². The van der Waals surface area contributed by atoms with Crippen LogP contribution in [0.5, 0.6) is 5.75 Å². The summed E-state index contributed by atoms with van der Waals surface area (Å²) in [5.41, 5.74) is 1.26. The molecule has 1 atom stereocenters. The van der Waals surface area contributed by atoms with Crippen molar-refractivity contribution < 1.29 is 19.4 Å². The van der Waals surface area contributed by atoms with Gasteiger partial charge in [0.25, 0.3) is 5.91 Å². The fourth-order valence-corrected chi connectivity index (χ4v) is 5.35. The van der Waals surface area contributed by atoms with Gasteiger partial charge in [-0.1, -0.05) is 31.9 Å². The van der Waals surface area contributed by atoms with E-state index in [1.807, 2.05) is 54.7 Å². The maximum Gasteiger partial charge on any atom is 0.326 e. The number of thioether (sulfide) groups is 2. The van der Waals surface area contributed by atoms with E-state index < -0.39 is 17.9 Å². The lowest BCUT2D eigenvalue weighted by Crippen LogP contribution is -2.42. The van der Waals surface area contributed by atoms with Crippen LogP contribution < -0.4 is 10.1 Å². The van der Waals surface area contributed by atoms with Crippen LogP contribution in [0.15, 0.2) is 24.3 Å². The van der Waals surface area contributed by atoms with E-state index in [0.29, 0.717) is 16.8 Å². The molecular formula is C18H25NO4S2. The molecule has 5 nitrogen and oxygen atoms in total. The van der Waals surface area contributed by atoms with Crippen molar-refractivity contribution in [3.8, 4) is 5.75 Å². The van der Waals surface area contributed by atoms with Gasteiger partial charge in [0.15, 0.2) is 6.61 Å². The molecule has 0 aromatic heterocycles. The molecule has 2 rings (SSSR count). The number of rotatable bonds is 9. The van der Waals surface area contributed by atoms with E-state index in [1.54, 1.807) is 0 Å². The summed E-state index contributed by atoms with van der Waals surface area (Å²) in [5, 5.41) is 11.6. The van der Waals surface area contributed by atoms with Gasteiger partial charge in [-0.25, -0.2) is 4.79 Å². The Labute approximate surface area is 157 Å². The molecule has 7 heteroatoms. The number of unbranched alkanes of at least 4 members (excludes halogenated alkanes) is 1. The molecule has 1 heterocycles. The van der Waals surface area contributed by atoms with Gasteiger partial charge in [-0.05, 0) is 42.0 Å². The largest absolute Gasteiger partial charge is 0.484 e. The lowest BCUT2D eigenvalue weighted by molar-refractivity contribution is -0.142. The average Bonchev–Trinajstić information content (AvgIpc) is 2.64. The smallest absolute Gasteiger partial charge is 0.326 e. The van der Waals surface area contributed by atoms with Gasteiger partial charge in [0.05, 0.1) is 4.58 Å². The van der Waals surface area contributed by atoms with Gasteiger partial charge in [-0.3, -0.25) is 4.79 Å². The molecule has 0 bridgehead atoms. The van der Waals surface area contributed by atoms with E-state index >= 15 is 0 Å². The molecule has 1 aliphatic rings. The van der Waals surface area contributed by atoms with Crippen LogP contribution in [0, 0.1) is 0 Å². The van der Waals surface area contributed by atoms with E-state index in [9.17, 15) is 9.59 Å². The molecule has 1 aromatic rings. The number of carbonyl (C=O) groups is 2. The van der Waals surface area contributed by atoms with Crippen molar-refractivity contribution in [2.75, 3.05) is 18.1 Å². The third-order valence-electron chi connectivity index (χ3n) is 3.83. The first-order valence-electron chi connectivity index (χ1n) is 8.58. The van der Waals surface area contributed by atoms with Crippen LogP contribution in [0.3, 0.4) is 0 Å². The molecule has 138 valence electrons. The van der Waals surface area contributed by atoms with E-state index in [-0.39, 0.29) is 6.61 Å². The van der Waals surface area contributed by atoms with Crippen LogP contribution in [0.25, 0.3) is 0 Å². The minimum Gasteiger partial charge on any atom is -0.484 e. The van der Waals surface area contributed by atoms with Gasteiger partial charge < -0.3 is 15.2 Å². The minimum absolute atomic E-state index is 0.178. The second-order valence-electron chi connectivity index (χ2n) is 5.89. The highest BCUT2D eigenvalue weighted by atomic mass is 32.2. The first-order valence-corrected chi connectivity index (χ1v) is 10.7. The molecule has 0 saturated carbocycles. The Morgan fingerprint density at radius 3 is 2.56 bits per heavy atom. The normalized spacial score (nSPS) is 16.2. The first-order chi connectivity index (χ1) is 12.1. The minimum atomic E-state index is -1.01. The second kappa shape index (κ2) is 10.6. The predicted molar refractivity (Wildman–Crippen MR) is 103 cm³/mol.